The van der Waals surface area contributed by atoms with E-state index < -0.39 is 0 Å². The Kier molecular flexibility index (Phi) is 7.39. The molecule has 1 saturated heterocycles. The number of guanidine groups is 1. The molecule has 23 heavy (non-hydrogen) atoms. The third-order valence-electron chi connectivity index (χ3n) is 4.54. The predicted octanol–water partition coefficient (Wildman–Crippen LogP) is 2.16. The van der Waals surface area contributed by atoms with Crippen molar-refractivity contribution in [2.24, 2.45) is 10.9 Å². The molecule has 6 nitrogen and oxygen atoms in total. The average Bonchev–Trinajstić information content (AvgIpc) is 3.09. The lowest BCUT2D eigenvalue weighted by molar-refractivity contribution is 0.143. The van der Waals surface area contributed by atoms with Crippen LogP contribution in [0.15, 0.2) is 23.7 Å². The summed E-state index contributed by atoms with van der Waals surface area (Å²) in [6.45, 7) is 9.00. The number of hydrogen-bond donors (Lipinski definition) is 1. The largest absolute Gasteiger partial charge is 0.382 e. The van der Waals surface area contributed by atoms with Crippen molar-refractivity contribution in [3.05, 3.63) is 18.7 Å². The zero-order chi connectivity index (χ0) is 16.5. The quantitative estimate of drug-likeness (QED) is 0.475. The van der Waals surface area contributed by atoms with Crippen LogP contribution in [0, 0.1) is 5.92 Å². The molecule has 1 fully saturated rings. The van der Waals surface area contributed by atoms with Crippen LogP contribution in [0.25, 0.3) is 0 Å². The van der Waals surface area contributed by atoms with Crippen molar-refractivity contribution >= 4 is 5.96 Å². The average molecular weight is 321 g/mol. The zero-order valence-electron chi connectivity index (χ0n) is 14.7. The van der Waals surface area contributed by atoms with E-state index in [1.165, 1.54) is 6.42 Å². The third-order valence-corrected chi connectivity index (χ3v) is 4.54. The minimum atomic E-state index is 0.461. The van der Waals surface area contributed by atoms with E-state index in [2.05, 4.69) is 37.9 Å². The molecule has 0 saturated carbocycles. The van der Waals surface area contributed by atoms with Crippen molar-refractivity contribution in [1.29, 1.82) is 0 Å². The van der Waals surface area contributed by atoms with Crippen LogP contribution < -0.4 is 5.32 Å². The maximum Gasteiger partial charge on any atom is 0.193 e. The second kappa shape index (κ2) is 9.55. The summed E-state index contributed by atoms with van der Waals surface area (Å²) in [4.78, 5) is 11.0. The first kappa shape index (κ1) is 17.8. The molecule has 1 aromatic heterocycles. The lowest BCUT2D eigenvalue weighted by Gasteiger charge is -2.39. The van der Waals surface area contributed by atoms with Gasteiger partial charge in [-0.2, -0.15) is 0 Å². The van der Waals surface area contributed by atoms with Gasteiger partial charge in [0, 0.05) is 52.3 Å². The van der Waals surface area contributed by atoms with Gasteiger partial charge in [-0.1, -0.05) is 6.92 Å². The highest BCUT2D eigenvalue weighted by molar-refractivity contribution is 5.80. The maximum absolute atomic E-state index is 5.37. The molecule has 0 amide bonds. The van der Waals surface area contributed by atoms with Crippen molar-refractivity contribution in [3.63, 3.8) is 0 Å². The molecule has 130 valence electrons. The second-order valence-electron chi connectivity index (χ2n) is 6.17. The first-order chi connectivity index (χ1) is 11.3. The number of piperidine rings is 1. The molecule has 2 unspecified atom stereocenters. The van der Waals surface area contributed by atoms with E-state index in [9.17, 15) is 0 Å². The van der Waals surface area contributed by atoms with Crippen LogP contribution in [-0.2, 0) is 4.74 Å². The Morgan fingerprint density at radius 1 is 1.43 bits per heavy atom. The van der Waals surface area contributed by atoms with Gasteiger partial charge in [0.05, 0.1) is 12.4 Å². The van der Waals surface area contributed by atoms with Gasteiger partial charge in [0.25, 0.3) is 0 Å². The molecule has 6 heteroatoms. The number of hydrogen-bond acceptors (Lipinski definition) is 3. The number of unbranched alkanes of at least 4 members (excludes halogenated alkanes) is 1. The van der Waals surface area contributed by atoms with Gasteiger partial charge in [0.1, 0.15) is 0 Å². The van der Waals surface area contributed by atoms with E-state index in [1.54, 1.807) is 0 Å². The first-order valence-corrected chi connectivity index (χ1v) is 8.77. The minimum absolute atomic E-state index is 0.461. The fraction of sp³-hybridized carbons (Fsp3) is 0.765. The predicted molar refractivity (Wildman–Crippen MR) is 93.7 cm³/mol. The Morgan fingerprint density at radius 3 is 3.00 bits per heavy atom. The molecular weight excluding hydrogens is 290 g/mol. The number of rotatable bonds is 7. The Hall–Kier alpha value is -1.56. The molecule has 1 aliphatic rings. The number of likely N-dealkylation sites (tertiary alicyclic amines) is 1. The van der Waals surface area contributed by atoms with Crippen LogP contribution in [0.5, 0.6) is 0 Å². The topological polar surface area (TPSA) is 54.7 Å². The number of nitrogens with zero attached hydrogens (tertiary/aromatic N) is 4. The number of nitrogens with one attached hydrogen (secondary N) is 1. The van der Waals surface area contributed by atoms with Crippen molar-refractivity contribution in [2.75, 3.05) is 39.9 Å². The molecule has 2 rings (SSSR count). The van der Waals surface area contributed by atoms with Gasteiger partial charge in [-0.3, -0.25) is 4.99 Å². The summed E-state index contributed by atoms with van der Waals surface area (Å²) in [7, 11) is 1.87. The maximum atomic E-state index is 5.37. The highest BCUT2D eigenvalue weighted by atomic mass is 16.5. The smallest absolute Gasteiger partial charge is 0.193 e. The Bertz CT molecular complexity index is 460. The molecule has 0 radical (unpaired) electrons. The van der Waals surface area contributed by atoms with Crippen molar-refractivity contribution in [1.82, 2.24) is 19.8 Å². The SMILES string of the molecule is CCOCCCCNC(=NC)N1CCC(C)C(n2ccnc2)C1. The Labute approximate surface area is 139 Å². The molecule has 2 atom stereocenters. The highest BCUT2D eigenvalue weighted by Crippen LogP contribution is 2.27. The van der Waals surface area contributed by atoms with Gasteiger partial charge >= 0.3 is 0 Å². The molecule has 0 bridgehead atoms. The first-order valence-electron chi connectivity index (χ1n) is 8.77. The van der Waals surface area contributed by atoms with E-state index in [0.29, 0.717) is 12.0 Å². The van der Waals surface area contributed by atoms with Crippen LogP contribution in [-0.4, -0.2) is 60.3 Å². The van der Waals surface area contributed by atoms with Gasteiger partial charge in [0.15, 0.2) is 5.96 Å². The van der Waals surface area contributed by atoms with E-state index in [4.69, 9.17) is 4.74 Å². The molecule has 2 heterocycles. The van der Waals surface area contributed by atoms with Gasteiger partial charge < -0.3 is 19.5 Å². The molecule has 0 aliphatic carbocycles. The van der Waals surface area contributed by atoms with E-state index >= 15 is 0 Å². The Balaban J connectivity index is 1.81. The van der Waals surface area contributed by atoms with Gasteiger partial charge in [-0.25, -0.2) is 4.98 Å². The van der Waals surface area contributed by atoms with Crippen molar-refractivity contribution in [3.8, 4) is 0 Å². The van der Waals surface area contributed by atoms with Gasteiger partial charge in [-0.05, 0) is 32.1 Å². The summed E-state index contributed by atoms with van der Waals surface area (Å²) in [5.41, 5.74) is 0. The fourth-order valence-electron chi connectivity index (χ4n) is 3.10. The van der Waals surface area contributed by atoms with Crippen molar-refractivity contribution < 1.29 is 4.74 Å². The normalized spacial score (nSPS) is 22.4. The molecule has 1 N–H and O–H groups in total. The van der Waals surface area contributed by atoms with Crippen LogP contribution >= 0.6 is 0 Å². The number of ether oxygens (including phenoxy) is 1. The third kappa shape index (κ3) is 5.23. The van der Waals surface area contributed by atoms with E-state index in [1.807, 2.05) is 26.5 Å². The monoisotopic (exact) mass is 321 g/mol. The van der Waals surface area contributed by atoms with Crippen LogP contribution in [0.4, 0.5) is 0 Å². The summed E-state index contributed by atoms with van der Waals surface area (Å²) >= 11 is 0. The second-order valence-corrected chi connectivity index (χ2v) is 6.17. The fourth-order valence-corrected chi connectivity index (χ4v) is 3.10. The number of aliphatic imine (C=N–C) groups is 1. The number of aromatic nitrogens is 2. The van der Waals surface area contributed by atoms with Gasteiger partial charge in [0.2, 0.25) is 0 Å². The van der Waals surface area contributed by atoms with Crippen molar-refractivity contribution in [2.45, 2.75) is 39.2 Å². The highest BCUT2D eigenvalue weighted by Gasteiger charge is 2.28. The lowest BCUT2D eigenvalue weighted by Crippen LogP contribution is -2.49. The molecule has 0 aromatic carbocycles. The van der Waals surface area contributed by atoms with Crippen LogP contribution in [0.3, 0.4) is 0 Å². The molecule has 0 spiro atoms. The summed E-state index contributed by atoms with van der Waals surface area (Å²) in [6.07, 6.45) is 9.22. The summed E-state index contributed by atoms with van der Waals surface area (Å²) in [5, 5.41) is 3.49. The Morgan fingerprint density at radius 2 is 2.30 bits per heavy atom. The van der Waals surface area contributed by atoms with E-state index in [-0.39, 0.29) is 0 Å². The lowest BCUT2D eigenvalue weighted by atomic mass is 9.93. The summed E-state index contributed by atoms with van der Waals surface area (Å²) < 4.78 is 7.60. The van der Waals surface area contributed by atoms with Crippen LogP contribution in [0.1, 0.15) is 39.2 Å². The van der Waals surface area contributed by atoms with E-state index in [0.717, 1.165) is 51.6 Å². The molecular formula is C17H31N5O. The summed E-state index contributed by atoms with van der Waals surface area (Å²) in [5.74, 6) is 1.67. The standard InChI is InChI=1S/C17H31N5O/c1-4-23-12-6-5-8-20-17(18-3)21-10-7-15(2)16(13-21)22-11-9-19-14-22/h9,11,14-16H,4-8,10,12-13H2,1-3H3,(H,18,20). The van der Waals surface area contributed by atoms with Gasteiger partial charge in [-0.15, -0.1) is 0 Å². The zero-order valence-corrected chi connectivity index (χ0v) is 14.7. The molecule has 1 aromatic rings. The minimum Gasteiger partial charge on any atom is -0.382 e. The summed E-state index contributed by atoms with van der Waals surface area (Å²) in [6, 6.07) is 0.461. The van der Waals surface area contributed by atoms with Crippen LogP contribution in [0.2, 0.25) is 0 Å². The molecule has 1 aliphatic heterocycles. The number of imidazole rings is 1.